The lowest BCUT2D eigenvalue weighted by Gasteiger charge is -2.24. The molecule has 9 nitrogen and oxygen atoms in total. The maximum Gasteiger partial charge on any atom is 0.475 e. The van der Waals surface area contributed by atoms with E-state index in [1.54, 1.807) is 36.4 Å². The second-order valence-corrected chi connectivity index (χ2v) is 9.19. The first kappa shape index (κ1) is 28.9. The fraction of sp³-hybridized carbons (Fsp3) is 0.423. The van der Waals surface area contributed by atoms with Crippen molar-refractivity contribution in [3.05, 3.63) is 65.7 Å². The SMILES string of the molecule is CCCCc1ccc(C(=O)N[C@@H](CNC(=O)Nc2ccccc2)C(=O)N[C@@H](CC(C)C)B(O)O)cc1. The van der Waals surface area contributed by atoms with Crippen molar-refractivity contribution < 1.29 is 24.4 Å². The van der Waals surface area contributed by atoms with E-state index in [-0.39, 0.29) is 12.5 Å². The molecule has 6 N–H and O–H groups in total. The van der Waals surface area contributed by atoms with Crippen molar-refractivity contribution in [3.8, 4) is 0 Å². The Morgan fingerprint density at radius 3 is 2.19 bits per heavy atom. The Kier molecular flexibility index (Phi) is 12.0. The predicted molar refractivity (Wildman–Crippen MR) is 141 cm³/mol. The van der Waals surface area contributed by atoms with Gasteiger partial charge in [-0.15, -0.1) is 0 Å². The Morgan fingerprint density at radius 1 is 0.944 bits per heavy atom. The van der Waals surface area contributed by atoms with Crippen molar-refractivity contribution >= 4 is 30.7 Å². The normalized spacial score (nSPS) is 12.4. The average molecular weight is 496 g/mol. The maximum absolute atomic E-state index is 13.0. The van der Waals surface area contributed by atoms with Crippen LogP contribution >= 0.6 is 0 Å². The van der Waals surface area contributed by atoms with Crippen LogP contribution in [0.5, 0.6) is 0 Å². The van der Waals surface area contributed by atoms with Gasteiger partial charge in [-0.25, -0.2) is 4.79 Å². The lowest BCUT2D eigenvalue weighted by molar-refractivity contribution is -0.123. The highest BCUT2D eigenvalue weighted by Crippen LogP contribution is 2.10. The predicted octanol–water partition coefficient (Wildman–Crippen LogP) is 2.49. The molecule has 2 aromatic rings. The molecular weight excluding hydrogens is 459 g/mol. The second kappa shape index (κ2) is 14.9. The van der Waals surface area contributed by atoms with Gasteiger partial charge < -0.3 is 31.3 Å². The largest absolute Gasteiger partial charge is 0.475 e. The number of anilines is 1. The van der Waals surface area contributed by atoms with Gasteiger partial charge in [0.25, 0.3) is 5.91 Å². The van der Waals surface area contributed by atoms with Gasteiger partial charge in [-0.05, 0) is 55.0 Å². The molecule has 0 fully saturated rings. The molecule has 10 heteroatoms. The highest BCUT2D eigenvalue weighted by atomic mass is 16.4. The zero-order chi connectivity index (χ0) is 26.5. The van der Waals surface area contributed by atoms with E-state index in [2.05, 4.69) is 28.2 Å². The summed E-state index contributed by atoms with van der Waals surface area (Å²) in [5.41, 5.74) is 2.07. The molecule has 0 unspecified atom stereocenters. The summed E-state index contributed by atoms with van der Waals surface area (Å²) < 4.78 is 0. The summed E-state index contributed by atoms with van der Waals surface area (Å²) in [6.07, 6.45) is 3.37. The Hall–Kier alpha value is -3.37. The minimum atomic E-state index is -1.77. The van der Waals surface area contributed by atoms with Crippen molar-refractivity contribution in [1.29, 1.82) is 0 Å². The van der Waals surface area contributed by atoms with E-state index in [9.17, 15) is 24.4 Å². The summed E-state index contributed by atoms with van der Waals surface area (Å²) >= 11 is 0. The molecule has 0 aliphatic carbocycles. The second-order valence-electron chi connectivity index (χ2n) is 9.19. The highest BCUT2D eigenvalue weighted by molar-refractivity contribution is 6.43. The van der Waals surface area contributed by atoms with Crippen LogP contribution in [0.4, 0.5) is 10.5 Å². The highest BCUT2D eigenvalue weighted by Gasteiger charge is 2.30. The number of carbonyl (C=O) groups excluding carboxylic acids is 3. The molecule has 0 saturated heterocycles. The van der Waals surface area contributed by atoms with Crippen LogP contribution in [0.1, 0.15) is 56.0 Å². The summed E-state index contributed by atoms with van der Waals surface area (Å²) in [4.78, 5) is 38.3. The van der Waals surface area contributed by atoms with Gasteiger partial charge in [-0.2, -0.15) is 0 Å². The number of para-hydroxylation sites is 1. The van der Waals surface area contributed by atoms with E-state index in [1.165, 1.54) is 0 Å². The van der Waals surface area contributed by atoms with Gasteiger partial charge in [0, 0.05) is 17.8 Å². The summed E-state index contributed by atoms with van der Waals surface area (Å²) in [5, 5.41) is 29.9. The molecule has 0 spiro atoms. The summed E-state index contributed by atoms with van der Waals surface area (Å²) in [6.45, 7) is 5.68. The number of amides is 4. The number of urea groups is 1. The number of benzene rings is 2. The number of rotatable bonds is 13. The van der Waals surface area contributed by atoms with E-state index in [0.29, 0.717) is 17.7 Å². The molecule has 4 amide bonds. The quantitative estimate of drug-likeness (QED) is 0.237. The Labute approximate surface area is 213 Å². The fourth-order valence-electron chi connectivity index (χ4n) is 3.59. The minimum Gasteiger partial charge on any atom is -0.426 e. The molecule has 0 aromatic heterocycles. The first-order chi connectivity index (χ1) is 17.2. The van der Waals surface area contributed by atoms with Gasteiger partial charge >= 0.3 is 13.1 Å². The van der Waals surface area contributed by atoms with Gasteiger partial charge in [-0.1, -0.05) is 57.5 Å². The molecule has 0 bridgehead atoms. The van der Waals surface area contributed by atoms with Gasteiger partial charge in [0.2, 0.25) is 5.91 Å². The lowest BCUT2D eigenvalue weighted by atomic mass is 9.75. The van der Waals surface area contributed by atoms with Crippen LogP contribution in [0.25, 0.3) is 0 Å². The van der Waals surface area contributed by atoms with Crippen LogP contribution in [-0.4, -0.2) is 53.5 Å². The Bertz CT molecular complexity index is 970. The monoisotopic (exact) mass is 496 g/mol. The fourth-order valence-corrected chi connectivity index (χ4v) is 3.59. The first-order valence-electron chi connectivity index (χ1n) is 12.4. The molecule has 0 saturated carbocycles. The molecule has 2 aromatic carbocycles. The van der Waals surface area contributed by atoms with Crippen LogP contribution in [0.15, 0.2) is 54.6 Å². The Balaban J connectivity index is 2.10. The first-order valence-corrected chi connectivity index (χ1v) is 12.4. The van der Waals surface area contributed by atoms with Crippen LogP contribution in [0.3, 0.4) is 0 Å². The number of aryl methyl sites for hydroxylation is 1. The smallest absolute Gasteiger partial charge is 0.426 e. The number of hydrogen-bond acceptors (Lipinski definition) is 5. The average Bonchev–Trinajstić information content (AvgIpc) is 2.85. The number of hydrogen-bond donors (Lipinski definition) is 6. The number of nitrogens with one attached hydrogen (secondary N) is 4. The van der Waals surface area contributed by atoms with Crippen LogP contribution in [-0.2, 0) is 11.2 Å². The minimum absolute atomic E-state index is 0.0890. The molecule has 0 heterocycles. The lowest BCUT2D eigenvalue weighted by Crippen LogP contribution is -2.57. The molecule has 194 valence electrons. The van der Waals surface area contributed by atoms with Gasteiger partial charge in [0.15, 0.2) is 0 Å². The number of carbonyl (C=O) groups is 3. The molecule has 0 aliphatic rings. The van der Waals surface area contributed by atoms with Crippen molar-refractivity contribution in [3.63, 3.8) is 0 Å². The molecule has 2 rings (SSSR count). The molecular formula is C26H37BN4O5. The summed E-state index contributed by atoms with van der Waals surface area (Å²) in [7, 11) is -1.77. The van der Waals surface area contributed by atoms with Crippen LogP contribution < -0.4 is 21.3 Å². The summed E-state index contributed by atoms with van der Waals surface area (Å²) in [6, 6.07) is 14.3. The third-order valence-corrected chi connectivity index (χ3v) is 5.57. The van der Waals surface area contributed by atoms with Crippen LogP contribution in [0, 0.1) is 5.92 Å². The third-order valence-electron chi connectivity index (χ3n) is 5.57. The van der Waals surface area contributed by atoms with Crippen molar-refractivity contribution in [2.24, 2.45) is 5.92 Å². The van der Waals surface area contributed by atoms with Crippen molar-refractivity contribution in [2.45, 2.75) is 58.4 Å². The van der Waals surface area contributed by atoms with E-state index in [0.717, 1.165) is 24.8 Å². The molecule has 2 atom stereocenters. The Morgan fingerprint density at radius 2 is 1.61 bits per heavy atom. The van der Waals surface area contributed by atoms with E-state index in [1.807, 2.05) is 32.0 Å². The van der Waals surface area contributed by atoms with Crippen molar-refractivity contribution in [2.75, 3.05) is 11.9 Å². The van der Waals surface area contributed by atoms with E-state index >= 15 is 0 Å². The van der Waals surface area contributed by atoms with Gasteiger partial charge in [-0.3, -0.25) is 9.59 Å². The maximum atomic E-state index is 13.0. The van der Waals surface area contributed by atoms with E-state index < -0.39 is 36.9 Å². The molecule has 0 radical (unpaired) electrons. The van der Waals surface area contributed by atoms with Gasteiger partial charge in [0.05, 0.1) is 5.94 Å². The summed E-state index contributed by atoms with van der Waals surface area (Å²) in [5.74, 6) is -1.95. The standard InChI is InChI=1S/C26H37BN4O5/c1-4-5-9-19-12-14-20(15-13-19)24(32)30-22(25(33)31-23(27(35)36)16-18(2)3)17-28-26(34)29-21-10-7-6-8-11-21/h6-8,10-15,18,22-23,35-36H,4-5,9,16-17H2,1-3H3,(H,30,32)(H,31,33)(H2,28,29,34)/t22-,23-/m0/s1. The topological polar surface area (TPSA) is 140 Å². The zero-order valence-electron chi connectivity index (χ0n) is 21.2. The molecule has 36 heavy (non-hydrogen) atoms. The van der Waals surface area contributed by atoms with E-state index in [4.69, 9.17) is 0 Å². The number of unbranched alkanes of at least 4 members (excludes halogenated alkanes) is 1. The third kappa shape index (κ3) is 10.1. The van der Waals surface area contributed by atoms with Gasteiger partial charge in [0.1, 0.15) is 6.04 Å². The van der Waals surface area contributed by atoms with Crippen molar-refractivity contribution in [1.82, 2.24) is 16.0 Å². The van der Waals surface area contributed by atoms with Crippen LogP contribution in [0.2, 0.25) is 0 Å². The molecule has 0 aliphatic heterocycles. The zero-order valence-corrected chi connectivity index (χ0v) is 21.2.